The molecule has 4 nitrogen and oxygen atoms in total. The highest BCUT2D eigenvalue weighted by Crippen LogP contribution is 2.24. The van der Waals surface area contributed by atoms with E-state index in [9.17, 15) is 4.79 Å². The zero-order chi connectivity index (χ0) is 14.8. The number of rotatable bonds is 3. The number of amides is 1. The van der Waals surface area contributed by atoms with Crippen LogP contribution < -0.4 is 5.32 Å². The van der Waals surface area contributed by atoms with Crippen LogP contribution in [0.4, 0.5) is 4.79 Å². The molecular weight excluding hydrogens is 254 g/mol. The first-order valence-electron chi connectivity index (χ1n) is 6.79. The van der Waals surface area contributed by atoms with E-state index in [1.165, 1.54) is 5.56 Å². The van der Waals surface area contributed by atoms with E-state index in [1.807, 2.05) is 39.8 Å². The summed E-state index contributed by atoms with van der Waals surface area (Å²) in [6.07, 6.45) is 2.13. The number of carbonyl (C=O) groups excluding carboxylic acids is 1. The number of aryl methyl sites for hydroxylation is 1. The van der Waals surface area contributed by atoms with Gasteiger partial charge in [0.2, 0.25) is 0 Å². The van der Waals surface area contributed by atoms with Crippen molar-refractivity contribution in [2.45, 2.75) is 39.7 Å². The minimum Gasteiger partial charge on any atom is -0.464 e. The Balaban J connectivity index is 1.97. The van der Waals surface area contributed by atoms with Gasteiger partial charge in [-0.2, -0.15) is 0 Å². The maximum Gasteiger partial charge on any atom is 0.407 e. The van der Waals surface area contributed by atoms with Crippen LogP contribution in [0.3, 0.4) is 0 Å². The molecule has 2 aromatic rings. The third kappa shape index (κ3) is 3.53. The number of fused-ring (bicyclic) bond motifs is 1. The lowest BCUT2D eigenvalue weighted by atomic mass is 10.0. The number of hydrogen-bond donors (Lipinski definition) is 1. The zero-order valence-corrected chi connectivity index (χ0v) is 12.4. The third-order valence-electron chi connectivity index (χ3n) is 2.93. The summed E-state index contributed by atoms with van der Waals surface area (Å²) in [6.45, 7) is 8.11. The molecule has 1 aromatic carbocycles. The number of carbonyl (C=O) groups is 1. The maximum atomic E-state index is 11.6. The summed E-state index contributed by atoms with van der Waals surface area (Å²) in [5.74, 6) is 0. The monoisotopic (exact) mass is 275 g/mol. The second kappa shape index (κ2) is 5.57. The molecule has 0 unspecified atom stereocenters. The minimum absolute atomic E-state index is 0.381. The predicted molar refractivity (Wildman–Crippen MR) is 78.9 cm³/mol. The average Bonchev–Trinajstić information content (AvgIpc) is 2.70. The van der Waals surface area contributed by atoms with Crippen molar-refractivity contribution in [1.82, 2.24) is 5.32 Å². The summed E-state index contributed by atoms with van der Waals surface area (Å²) in [5, 5.41) is 3.91. The summed E-state index contributed by atoms with van der Waals surface area (Å²) < 4.78 is 10.7. The SMILES string of the molecule is Cc1coc2cccc(CCNC(=O)OC(C)(C)C)c12. The van der Waals surface area contributed by atoms with E-state index in [-0.39, 0.29) is 6.09 Å². The smallest absolute Gasteiger partial charge is 0.407 e. The van der Waals surface area contributed by atoms with E-state index in [0.717, 1.165) is 23.0 Å². The lowest BCUT2D eigenvalue weighted by Crippen LogP contribution is -2.33. The van der Waals surface area contributed by atoms with Crippen LogP contribution >= 0.6 is 0 Å². The van der Waals surface area contributed by atoms with Crippen molar-refractivity contribution in [3.63, 3.8) is 0 Å². The van der Waals surface area contributed by atoms with Gasteiger partial charge in [-0.1, -0.05) is 12.1 Å². The topological polar surface area (TPSA) is 51.5 Å². The van der Waals surface area contributed by atoms with Gasteiger partial charge in [-0.3, -0.25) is 0 Å². The van der Waals surface area contributed by atoms with Crippen molar-refractivity contribution in [2.75, 3.05) is 6.54 Å². The van der Waals surface area contributed by atoms with Gasteiger partial charge < -0.3 is 14.5 Å². The van der Waals surface area contributed by atoms with Crippen LogP contribution in [0.2, 0.25) is 0 Å². The van der Waals surface area contributed by atoms with Gasteiger partial charge in [0.1, 0.15) is 11.2 Å². The second-order valence-corrected chi connectivity index (χ2v) is 5.89. The number of alkyl carbamates (subject to hydrolysis) is 1. The van der Waals surface area contributed by atoms with Crippen LogP contribution in [0.25, 0.3) is 11.0 Å². The molecule has 0 aliphatic heterocycles. The molecule has 1 aromatic heterocycles. The summed E-state index contributed by atoms with van der Waals surface area (Å²) in [7, 11) is 0. The molecule has 20 heavy (non-hydrogen) atoms. The number of furan rings is 1. The van der Waals surface area contributed by atoms with Crippen LogP contribution in [0.1, 0.15) is 31.9 Å². The van der Waals surface area contributed by atoms with E-state index in [4.69, 9.17) is 9.15 Å². The van der Waals surface area contributed by atoms with Crippen molar-refractivity contribution in [3.8, 4) is 0 Å². The summed E-state index contributed by atoms with van der Waals surface area (Å²) in [5.41, 5.74) is 2.71. The number of hydrogen-bond acceptors (Lipinski definition) is 3. The van der Waals surface area contributed by atoms with Gasteiger partial charge in [0.05, 0.1) is 6.26 Å². The van der Waals surface area contributed by atoms with Crippen LogP contribution in [0.15, 0.2) is 28.9 Å². The molecule has 0 saturated carbocycles. The molecular formula is C16H21NO3. The highest BCUT2D eigenvalue weighted by Gasteiger charge is 2.15. The van der Waals surface area contributed by atoms with Crippen LogP contribution in [0, 0.1) is 6.92 Å². The lowest BCUT2D eigenvalue weighted by molar-refractivity contribution is 0.0528. The first-order chi connectivity index (χ1) is 9.37. The summed E-state index contributed by atoms with van der Waals surface area (Å²) in [4.78, 5) is 11.6. The van der Waals surface area contributed by atoms with Gasteiger partial charge >= 0.3 is 6.09 Å². The highest BCUT2D eigenvalue weighted by atomic mass is 16.6. The maximum absolute atomic E-state index is 11.6. The fourth-order valence-electron chi connectivity index (χ4n) is 2.15. The summed E-state index contributed by atoms with van der Waals surface area (Å²) >= 11 is 0. The molecule has 0 atom stereocenters. The van der Waals surface area contributed by atoms with Gasteiger partial charge in [-0.05, 0) is 51.3 Å². The first kappa shape index (κ1) is 14.4. The van der Waals surface area contributed by atoms with Crippen molar-refractivity contribution in [1.29, 1.82) is 0 Å². The van der Waals surface area contributed by atoms with E-state index in [2.05, 4.69) is 11.4 Å². The molecule has 108 valence electrons. The van der Waals surface area contributed by atoms with Crippen molar-refractivity contribution in [3.05, 3.63) is 35.6 Å². The Bertz CT molecular complexity index is 608. The highest BCUT2D eigenvalue weighted by molar-refractivity contribution is 5.84. The molecule has 0 spiro atoms. The Morgan fingerprint density at radius 1 is 1.35 bits per heavy atom. The van der Waals surface area contributed by atoms with Gasteiger partial charge in [-0.25, -0.2) is 4.79 Å². The molecule has 0 aliphatic rings. The fraction of sp³-hybridized carbons (Fsp3) is 0.438. The van der Waals surface area contributed by atoms with Gasteiger partial charge in [0.15, 0.2) is 0 Å². The van der Waals surface area contributed by atoms with E-state index in [0.29, 0.717) is 6.54 Å². The predicted octanol–water partition coefficient (Wildman–Crippen LogP) is 3.81. The number of ether oxygens (including phenoxy) is 1. The summed E-state index contributed by atoms with van der Waals surface area (Å²) in [6, 6.07) is 5.98. The second-order valence-electron chi connectivity index (χ2n) is 5.89. The molecule has 0 radical (unpaired) electrons. The average molecular weight is 275 g/mol. The molecule has 0 bridgehead atoms. The molecule has 1 amide bonds. The fourth-order valence-corrected chi connectivity index (χ4v) is 2.15. The van der Waals surface area contributed by atoms with Crippen molar-refractivity contribution in [2.24, 2.45) is 0 Å². The Kier molecular flexibility index (Phi) is 4.02. The molecule has 0 saturated heterocycles. The van der Waals surface area contributed by atoms with Gasteiger partial charge in [-0.15, -0.1) is 0 Å². The minimum atomic E-state index is -0.467. The molecule has 4 heteroatoms. The number of nitrogens with one attached hydrogen (secondary N) is 1. The molecule has 0 aliphatic carbocycles. The lowest BCUT2D eigenvalue weighted by Gasteiger charge is -2.19. The van der Waals surface area contributed by atoms with E-state index < -0.39 is 5.60 Å². The van der Waals surface area contributed by atoms with Crippen molar-refractivity contribution < 1.29 is 13.9 Å². The third-order valence-corrected chi connectivity index (χ3v) is 2.93. The van der Waals surface area contributed by atoms with Crippen molar-refractivity contribution >= 4 is 17.1 Å². The van der Waals surface area contributed by atoms with Crippen LogP contribution in [-0.4, -0.2) is 18.2 Å². The molecule has 2 rings (SSSR count). The van der Waals surface area contributed by atoms with E-state index in [1.54, 1.807) is 6.26 Å². The standard InChI is InChI=1S/C16H21NO3/c1-11-10-19-13-7-5-6-12(14(11)13)8-9-17-15(18)20-16(2,3)4/h5-7,10H,8-9H2,1-4H3,(H,17,18). The van der Waals surface area contributed by atoms with Crippen LogP contribution in [-0.2, 0) is 11.2 Å². The molecule has 0 fully saturated rings. The largest absolute Gasteiger partial charge is 0.464 e. The molecule has 1 heterocycles. The van der Waals surface area contributed by atoms with Gasteiger partial charge in [0, 0.05) is 11.9 Å². The van der Waals surface area contributed by atoms with Crippen LogP contribution in [0.5, 0.6) is 0 Å². The quantitative estimate of drug-likeness (QED) is 0.926. The Morgan fingerprint density at radius 3 is 2.80 bits per heavy atom. The Hall–Kier alpha value is -1.97. The number of benzene rings is 1. The van der Waals surface area contributed by atoms with E-state index >= 15 is 0 Å². The first-order valence-corrected chi connectivity index (χ1v) is 6.79. The Morgan fingerprint density at radius 2 is 2.10 bits per heavy atom. The van der Waals surface area contributed by atoms with Gasteiger partial charge in [0.25, 0.3) is 0 Å². The molecule has 1 N–H and O–H groups in total. The normalized spacial score (nSPS) is 11.6. The zero-order valence-electron chi connectivity index (χ0n) is 12.4. The Labute approximate surface area is 119 Å².